The van der Waals surface area contributed by atoms with Crippen LogP contribution in [-0.4, -0.2) is 38.0 Å². The van der Waals surface area contributed by atoms with E-state index < -0.39 is 10.4 Å². The molecule has 40 valence electrons. The fraction of sp³-hybridized carbons (Fsp3) is 0. The summed E-state index contributed by atoms with van der Waals surface area (Å²) < 4.78 is 29.9. The van der Waals surface area contributed by atoms with Crippen molar-refractivity contribution < 1.29 is 12.3 Å². The monoisotopic (exact) mass is 157 g/mol. The van der Waals surface area contributed by atoms with E-state index in [0.29, 0.717) is 0 Å². The van der Waals surface area contributed by atoms with Crippen molar-refractivity contribution in [1.29, 1.82) is 0 Å². The van der Waals surface area contributed by atoms with Gasteiger partial charge in [-0.1, -0.05) is 8.13 Å². The summed E-state index contributed by atoms with van der Waals surface area (Å²) in [6.07, 6.45) is 0. The summed E-state index contributed by atoms with van der Waals surface area (Å²) in [6, 6.07) is 0. The topological polar surface area (TPSA) is 46.2 Å². The zero-order chi connectivity index (χ0) is 5.21. The van der Waals surface area contributed by atoms with Crippen LogP contribution < -0.4 is 4.24 Å². The molecule has 0 spiro atoms. The van der Waals surface area contributed by atoms with Crippen LogP contribution in [0.5, 0.6) is 0 Å². The van der Waals surface area contributed by atoms with E-state index in [-0.39, 0.29) is 29.6 Å². The third kappa shape index (κ3) is 11.0. The fourth-order valence-electron chi connectivity index (χ4n) is 0. The van der Waals surface area contributed by atoms with E-state index in [4.69, 9.17) is 8.42 Å². The summed E-state index contributed by atoms with van der Waals surface area (Å²) in [5.41, 5.74) is 0. The summed E-state index contributed by atoms with van der Waals surface area (Å²) in [5, 5.41) is 0. The Bertz CT molecular complexity index is 120. The molecule has 0 aliphatic heterocycles. The van der Waals surface area contributed by atoms with Crippen molar-refractivity contribution in [3.8, 4) is 0 Å². The third-order valence-corrected chi connectivity index (χ3v) is 0.829. The number of hydrogen-bond donors (Lipinski definition) is 1. The van der Waals surface area contributed by atoms with E-state index in [1.165, 1.54) is 0 Å². The van der Waals surface area contributed by atoms with Crippen LogP contribution in [0.3, 0.4) is 0 Å². The zero-order valence-corrected chi connectivity index (χ0v) is 4.05. The first-order valence-electron chi connectivity index (χ1n) is 0.881. The van der Waals surface area contributed by atoms with Gasteiger partial charge in [-0.25, -0.2) is 0 Å². The van der Waals surface area contributed by atoms with Crippen molar-refractivity contribution in [2.75, 3.05) is 0 Å². The van der Waals surface area contributed by atoms with Crippen molar-refractivity contribution in [3.05, 3.63) is 0 Å². The van der Waals surface area contributed by atoms with Crippen LogP contribution in [0.2, 0.25) is 0 Å². The van der Waals surface area contributed by atoms with Gasteiger partial charge in [-0.2, -0.15) is 8.42 Å². The molecule has 7 heavy (non-hydrogen) atoms. The van der Waals surface area contributed by atoms with Gasteiger partial charge in [0.25, 0.3) is 0 Å². The minimum atomic E-state index is -4.65. The Morgan fingerprint density at radius 1 is 1.57 bits per heavy atom. The SMILES string of the molecule is O=S(=O)(F)NCl.[NaH]. The summed E-state index contributed by atoms with van der Waals surface area (Å²) in [4.78, 5) is 0. The van der Waals surface area contributed by atoms with E-state index in [1.54, 1.807) is 0 Å². The maximum absolute atomic E-state index is 10.8. The summed E-state index contributed by atoms with van der Waals surface area (Å²) in [6.45, 7) is 0. The number of halogens is 2. The Kier molecular flexibility index (Phi) is 6.37. The van der Waals surface area contributed by atoms with E-state index in [2.05, 4.69) is 11.8 Å². The van der Waals surface area contributed by atoms with Crippen LogP contribution in [0.1, 0.15) is 0 Å². The summed E-state index contributed by atoms with van der Waals surface area (Å²) >= 11 is 4.26. The average molecular weight is 158 g/mol. The molecule has 0 amide bonds. The minimum absolute atomic E-state index is 0. The molecule has 0 atom stereocenters. The van der Waals surface area contributed by atoms with E-state index in [0.717, 1.165) is 4.24 Å². The predicted octanol–water partition coefficient (Wildman–Crippen LogP) is -0.704. The van der Waals surface area contributed by atoms with E-state index in [9.17, 15) is 3.89 Å². The van der Waals surface area contributed by atoms with Gasteiger partial charge in [0, 0.05) is 0 Å². The number of nitrogens with one attached hydrogen (secondary N) is 1. The number of hydrogen-bond acceptors (Lipinski definition) is 2. The molecule has 0 rings (SSSR count). The second-order valence-corrected chi connectivity index (χ2v) is 2.01. The maximum atomic E-state index is 10.8. The van der Waals surface area contributed by atoms with Crippen molar-refractivity contribution in [3.63, 3.8) is 0 Å². The summed E-state index contributed by atoms with van der Waals surface area (Å²) in [7, 11) is -4.65. The van der Waals surface area contributed by atoms with Gasteiger partial charge in [-0.15, -0.1) is 0 Å². The van der Waals surface area contributed by atoms with Crippen molar-refractivity contribution >= 4 is 51.7 Å². The van der Waals surface area contributed by atoms with Gasteiger partial charge in [-0.05, 0) is 11.8 Å². The number of rotatable bonds is 1. The molecule has 0 radical (unpaired) electrons. The molecule has 0 aromatic rings. The average Bonchev–Trinajstić information content (AvgIpc) is 1.35. The molecular formula is H2ClFNNaO2S. The molecule has 0 unspecified atom stereocenters. The zero-order valence-electron chi connectivity index (χ0n) is 2.48. The molecule has 0 saturated carbocycles. The molecular weight excluding hydrogens is 156 g/mol. The summed E-state index contributed by atoms with van der Waals surface area (Å²) in [5.74, 6) is 0. The first-order valence-corrected chi connectivity index (χ1v) is 2.64. The molecule has 1 N–H and O–H groups in total. The van der Waals surface area contributed by atoms with Gasteiger partial charge in [-0.3, -0.25) is 0 Å². The molecule has 0 aliphatic carbocycles. The Morgan fingerprint density at radius 3 is 1.71 bits per heavy atom. The van der Waals surface area contributed by atoms with E-state index >= 15 is 0 Å². The third-order valence-electron chi connectivity index (χ3n) is 0.0922. The van der Waals surface area contributed by atoms with Gasteiger partial charge < -0.3 is 0 Å². The quantitative estimate of drug-likeness (QED) is 0.311. The van der Waals surface area contributed by atoms with Gasteiger partial charge in [0.2, 0.25) is 0 Å². The van der Waals surface area contributed by atoms with Crippen LogP contribution in [0.4, 0.5) is 3.89 Å². The van der Waals surface area contributed by atoms with Crippen LogP contribution in [-0.2, 0) is 10.4 Å². The predicted molar refractivity (Wildman–Crippen MR) is 26.2 cm³/mol. The van der Waals surface area contributed by atoms with Crippen molar-refractivity contribution in [2.24, 2.45) is 0 Å². The molecule has 0 fully saturated rings. The van der Waals surface area contributed by atoms with Crippen LogP contribution >= 0.6 is 11.8 Å². The Labute approximate surface area is 68.0 Å². The van der Waals surface area contributed by atoms with Gasteiger partial charge in [0.1, 0.15) is 0 Å². The molecule has 3 nitrogen and oxygen atoms in total. The van der Waals surface area contributed by atoms with Gasteiger partial charge >= 0.3 is 40.0 Å². The van der Waals surface area contributed by atoms with Crippen molar-refractivity contribution in [2.45, 2.75) is 0 Å². The van der Waals surface area contributed by atoms with Crippen LogP contribution in [0.15, 0.2) is 0 Å². The molecule has 0 aromatic heterocycles. The van der Waals surface area contributed by atoms with Gasteiger partial charge in [0.05, 0.1) is 0 Å². The van der Waals surface area contributed by atoms with Crippen LogP contribution in [0, 0.1) is 0 Å². The normalized spacial score (nSPS) is 10.0. The fourth-order valence-corrected chi connectivity index (χ4v) is 0. The second kappa shape index (κ2) is 4.05. The van der Waals surface area contributed by atoms with Crippen molar-refractivity contribution in [1.82, 2.24) is 4.24 Å². The Morgan fingerprint density at radius 2 is 1.71 bits per heavy atom. The first kappa shape index (κ1) is 11.0. The van der Waals surface area contributed by atoms with Gasteiger partial charge in [0.15, 0.2) is 0 Å². The standard InChI is InChI=1S/ClFHNO2S.Na.H/c1-3-6(2,4)5;;/h3H;;. The molecule has 7 heteroatoms. The molecule has 0 saturated heterocycles. The molecule has 0 aromatic carbocycles. The molecule has 0 heterocycles. The molecule has 0 bridgehead atoms. The van der Waals surface area contributed by atoms with Crippen LogP contribution in [0.25, 0.3) is 0 Å². The Hall–Kier alpha value is 1.13. The first-order chi connectivity index (χ1) is 2.56. The Balaban J connectivity index is 0. The molecule has 0 aliphatic rings. The van der Waals surface area contributed by atoms with E-state index in [1.807, 2.05) is 0 Å². The second-order valence-electron chi connectivity index (χ2n) is 0.515.